The van der Waals surface area contributed by atoms with Gasteiger partial charge < -0.3 is 14.3 Å². The number of aromatic nitrogens is 1. The first-order valence-electron chi connectivity index (χ1n) is 10.1. The maximum Gasteiger partial charge on any atom is 0.296 e. The minimum atomic E-state index is -0.901. The third-order valence-electron chi connectivity index (χ3n) is 5.25. The van der Waals surface area contributed by atoms with E-state index in [9.17, 15) is 14.7 Å². The third-order valence-corrected chi connectivity index (χ3v) is 6.50. The van der Waals surface area contributed by atoms with Gasteiger partial charge in [-0.05, 0) is 55.0 Å². The van der Waals surface area contributed by atoms with Crippen molar-refractivity contribution in [2.24, 2.45) is 0 Å². The molecule has 2 aromatic carbocycles. The zero-order valence-electron chi connectivity index (χ0n) is 17.3. The number of Topliss-reactive ketones (excluding diaryl/α,β-unsaturated/α-hetero) is 1. The highest BCUT2D eigenvalue weighted by Gasteiger charge is 2.46. The number of nitrogens with zero attached hydrogens (tertiary/aromatic N) is 2. The fourth-order valence-electron chi connectivity index (χ4n) is 3.79. The van der Waals surface area contributed by atoms with Crippen molar-refractivity contribution in [3.63, 3.8) is 0 Å². The van der Waals surface area contributed by atoms with E-state index >= 15 is 0 Å². The normalized spacial score (nSPS) is 16.1. The van der Waals surface area contributed by atoms with Gasteiger partial charge in [-0.15, -0.1) is 0 Å². The molecule has 1 atom stereocenters. The summed E-state index contributed by atoms with van der Waals surface area (Å²) in [6.45, 7) is 2.39. The number of carbonyl (C=O) groups excluding carboxylic acids is 2. The topological polar surface area (TPSA) is 92.9 Å². The van der Waals surface area contributed by atoms with Crippen molar-refractivity contribution in [3.8, 4) is 5.75 Å². The van der Waals surface area contributed by atoms with Crippen LogP contribution in [0.1, 0.15) is 29.1 Å². The Bertz CT molecular complexity index is 1390. The molecule has 1 unspecified atom stereocenters. The van der Waals surface area contributed by atoms with Gasteiger partial charge >= 0.3 is 0 Å². The first kappa shape index (κ1) is 21.2. The molecule has 2 aromatic heterocycles. The molecule has 3 heterocycles. The molecule has 9 heteroatoms. The Morgan fingerprint density at radius 2 is 2.03 bits per heavy atom. The molecule has 33 heavy (non-hydrogen) atoms. The fourth-order valence-corrected chi connectivity index (χ4v) is 5.06. The Kier molecular flexibility index (Phi) is 5.39. The number of rotatable bonds is 6. The molecule has 166 valence electrons. The van der Waals surface area contributed by atoms with Crippen LogP contribution in [0.3, 0.4) is 0 Å². The van der Waals surface area contributed by atoms with Gasteiger partial charge in [0.2, 0.25) is 5.78 Å². The van der Waals surface area contributed by atoms with Crippen molar-refractivity contribution in [3.05, 3.63) is 88.5 Å². The number of benzene rings is 2. The van der Waals surface area contributed by atoms with E-state index in [0.717, 1.165) is 4.70 Å². The number of halogens is 1. The van der Waals surface area contributed by atoms with Crippen molar-refractivity contribution in [1.82, 2.24) is 4.98 Å². The molecule has 1 N–H and O–H groups in total. The first-order valence-corrected chi connectivity index (χ1v) is 11.3. The number of hydrogen-bond donors (Lipinski definition) is 1. The number of hydrogen-bond acceptors (Lipinski definition) is 7. The number of amides is 1. The average Bonchev–Trinajstić information content (AvgIpc) is 3.53. The molecule has 0 aliphatic carbocycles. The van der Waals surface area contributed by atoms with Crippen LogP contribution in [0.2, 0.25) is 5.02 Å². The quantitative estimate of drug-likeness (QED) is 0.354. The molecule has 0 spiro atoms. The van der Waals surface area contributed by atoms with E-state index in [1.54, 1.807) is 48.5 Å². The summed E-state index contributed by atoms with van der Waals surface area (Å²) in [5.41, 5.74) is 1.20. The number of aliphatic hydroxyl groups is 1. The molecule has 7 nitrogen and oxygen atoms in total. The average molecular weight is 481 g/mol. The predicted molar refractivity (Wildman–Crippen MR) is 125 cm³/mol. The second-order valence-corrected chi connectivity index (χ2v) is 8.70. The Morgan fingerprint density at radius 3 is 2.73 bits per heavy atom. The predicted octanol–water partition coefficient (Wildman–Crippen LogP) is 5.72. The van der Waals surface area contributed by atoms with E-state index in [-0.39, 0.29) is 11.3 Å². The van der Waals surface area contributed by atoms with Crippen LogP contribution in [0, 0.1) is 0 Å². The highest BCUT2D eigenvalue weighted by atomic mass is 35.5. The number of ketones is 1. The molecule has 1 amide bonds. The van der Waals surface area contributed by atoms with E-state index in [4.69, 9.17) is 20.8 Å². The van der Waals surface area contributed by atoms with E-state index < -0.39 is 23.5 Å². The standard InChI is InChI=1S/C24H17ClN2O5S/c1-2-31-15-8-5-13(6-9-15)20-19(21(28)17-4-3-11-32-17)22(29)23(30)27(20)24-26-16-10-7-14(25)12-18(16)33-24/h3-12,20,29H,2H2,1H3. The first-order chi connectivity index (χ1) is 16.0. The summed E-state index contributed by atoms with van der Waals surface area (Å²) in [6, 6.07) is 14.4. The smallest absolute Gasteiger partial charge is 0.296 e. The molecular formula is C24H17ClN2O5S. The maximum atomic E-state index is 13.3. The highest BCUT2D eigenvalue weighted by molar-refractivity contribution is 7.22. The summed E-state index contributed by atoms with van der Waals surface area (Å²) in [4.78, 5) is 32.4. The number of aliphatic hydroxyl groups excluding tert-OH is 1. The van der Waals surface area contributed by atoms with Gasteiger partial charge in [0.15, 0.2) is 16.7 Å². The van der Waals surface area contributed by atoms with E-state index in [0.29, 0.717) is 33.6 Å². The van der Waals surface area contributed by atoms with Gasteiger partial charge in [0.1, 0.15) is 5.75 Å². The van der Waals surface area contributed by atoms with Gasteiger partial charge in [0, 0.05) is 5.02 Å². The van der Waals surface area contributed by atoms with Crippen LogP contribution in [0.15, 0.2) is 76.6 Å². The lowest BCUT2D eigenvalue weighted by Gasteiger charge is -2.24. The van der Waals surface area contributed by atoms with Crippen molar-refractivity contribution in [2.45, 2.75) is 13.0 Å². The number of thiazole rings is 1. The third kappa shape index (κ3) is 3.67. The number of fused-ring (bicyclic) bond motifs is 1. The molecule has 1 aliphatic rings. The van der Waals surface area contributed by atoms with Gasteiger partial charge in [0.25, 0.3) is 5.91 Å². The molecular weight excluding hydrogens is 464 g/mol. The van der Waals surface area contributed by atoms with Crippen LogP contribution < -0.4 is 9.64 Å². The zero-order chi connectivity index (χ0) is 23.1. The number of carbonyl (C=O) groups is 2. The summed E-state index contributed by atoms with van der Waals surface area (Å²) in [5, 5.41) is 11.7. The van der Waals surface area contributed by atoms with Gasteiger partial charge in [-0.3, -0.25) is 14.5 Å². The molecule has 0 fully saturated rings. The minimum Gasteiger partial charge on any atom is -0.503 e. The Morgan fingerprint density at radius 1 is 1.24 bits per heavy atom. The monoisotopic (exact) mass is 480 g/mol. The molecule has 4 aromatic rings. The molecule has 1 aliphatic heterocycles. The molecule has 0 radical (unpaired) electrons. The molecule has 0 saturated heterocycles. The molecule has 0 saturated carbocycles. The lowest BCUT2D eigenvalue weighted by molar-refractivity contribution is -0.117. The van der Waals surface area contributed by atoms with Gasteiger partial charge in [-0.2, -0.15) is 0 Å². The zero-order valence-corrected chi connectivity index (χ0v) is 18.9. The number of furan rings is 1. The lowest BCUT2D eigenvalue weighted by atomic mass is 9.95. The summed E-state index contributed by atoms with van der Waals surface area (Å²) in [6.07, 6.45) is 1.36. The largest absolute Gasteiger partial charge is 0.503 e. The van der Waals surface area contributed by atoms with Crippen molar-refractivity contribution < 1.29 is 23.8 Å². The van der Waals surface area contributed by atoms with Crippen molar-refractivity contribution in [1.29, 1.82) is 0 Å². The van der Waals surface area contributed by atoms with Gasteiger partial charge in [-0.1, -0.05) is 35.1 Å². The number of ether oxygens (including phenoxy) is 1. The van der Waals surface area contributed by atoms with E-state index in [1.807, 2.05) is 6.92 Å². The van der Waals surface area contributed by atoms with Gasteiger partial charge in [0.05, 0.1) is 34.7 Å². The Balaban J connectivity index is 1.65. The van der Waals surface area contributed by atoms with E-state index in [1.165, 1.54) is 28.6 Å². The fraction of sp³-hybridized carbons (Fsp3) is 0.125. The molecule has 5 rings (SSSR count). The van der Waals surface area contributed by atoms with E-state index in [2.05, 4.69) is 4.98 Å². The van der Waals surface area contributed by atoms with Crippen LogP contribution in [-0.2, 0) is 4.79 Å². The Labute approximate surface area is 197 Å². The summed E-state index contributed by atoms with van der Waals surface area (Å²) >= 11 is 7.36. The van der Waals surface area contributed by atoms with Crippen molar-refractivity contribution in [2.75, 3.05) is 11.5 Å². The molecule has 0 bridgehead atoms. The van der Waals surface area contributed by atoms with Crippen LogP contribution in [0.5, 0.6) is 5.75 Å². The highest BCUT2D eigenvalue weighted by Crippen LogP contribution is 2.44. The summed E-state index contributed by atoms with van der Waals surface area (Å²) in [5.74, 6) is -1.24. The second kappa shape index (κ2) is 8.38. The SMILES string of the molecule is CCOc1ccc(C2C(C(=O)c3ccco3)=C(O)C(=O)N2c2nc3ccc(Cl)cc3s2)cc1. The van der Waals surface area contributed by atoms with Crippen LogP contribution in [0.4, 0.5) is 5.13 Å². The Hall–Kier alpha value is -3.62. The van der Waals surface area contributed by atoms with Crippen molar-refractivity contribution >= 4 is 50.0 Å². The number of anilines is 1. The summed E-state index contributed by atoms with van der Waals surface area (Å²) in [7, 11) is 0. The second-order valence-electron chi connectivity index (χ2n) is 7.26. The van der Waals surface area contributed by atoms with Crippen LogP contribution in [-0.4, -0.2) is 28.4 Å². The van der Waals surface area contributed by atoms with Crippen LogP contribution in [0.25, 0.3) is 10.2 Å². The van der Waals surface area contributed by atoms with Crippen LogP contribution >= 0.6 is 22.9 Å². The maximum absolute atomic E-state index is 13.3. The minimum absolute atomic E-state index is 0.0261. The summed E-state index contributed by atoms with van der Waals surface area (Å²) < 4.78 is 11.5. The lowest BCUT2D eigenvalue weighted by Crippen LogP contribution is -2.30. The van der Waals surface area contributed by atoms with Gasteiger partial charge in [-0.25, -0.2) is 4.98 Å².